The monoisotopic (exact) mass is 593 g/mol. The minimum Gasteiger partial charge on any atom is -0.381 e. The first-order valence-corrected chi connectivity index (χ1v) is 18.6. The zero-order valence-corrected chi connectivity index (χ0v) is 27.9. The number of hydrogen-bond acceptors (Lipinski definition) is 5. The summed E-state index contributed by atoms with van der Waals surface area (Å²) in [6.07, 6.45) is 28.5. The van der Waals surface area contributed by atoms with Crippen LogP contribution in [0.5, 0.6) is 0 Å². The lowest BCUT2D eigenvalue weighted by Gasteiger charge is -2.41. The summed E-state index contributed by atoms with van der Waals surface area (Å²) >= 11 is 0. The summed E-state index contributed by atoms with van der Waals surface area (Å²) in [5.41, 5.74) is 0.934. The zero-order chi connectivity index (χ0) is 29.4. The Hall–Kier alpha value is -0.200. The Labute approximate surface area is 259 Å². The molecule has 0 bridgehead atoms. The number of rotatable bonds is 24. The van der Waals surface area contributed by atoms with E-state index in [0.717, 1.165) is 65.2 Å². The van der Waals surface area contributed by atoms with Gasteiger partial charge in [0.15, 0.2) is 0 Å². The minimum atomic E-state index is 0.395. The summed E-state index contributed by atoms with van der Waals surface area (Å²) in [6, 6.07) is 0. The van der Waals surface area contributed by atoms with Gasteiger partial charge in [0.05, 0.1) is 45.2 Å². The summed E-state index contributed by atoms with van der Waals surface area (Å²) in [7, 11) is 0. The van der Waals surface area contributed by atoms with Gasteiger partial charge < -0.3 is 23.7 Å². The molecule has 3 unspecified atom stereocenters. The van der Waals surface area contributed by atoms with Crippen LogP contribution in [0, 0.1) is 22.7 Å². The predicted octanol–water partition coefficient (Wildman–Crippen LogP) is 9.30. The van der Waals surface area contributed by atoms with E-state index in [9.17, 15) is 0 Å². The van der Waals surface area contributed by atoms with E-state index < -0.39 is 0 Å². The molecule has 246 valence electrons. The van der Waals surface area contributed by atoms with Crippen molar-refractivity contribution in [2.75, 3.05) is 52.9 Å². The molecule has 4 fully saturated rings. The molecule has 0 N–H and O–H groups in total. The molecule has 0 radical (unpaired) electrons. The van der Waals surface area contributed by atoms with Crippen LogP contribution in [0.15, 0.2) is 0 Å². The van der Waals surface area contributed by atoms with Crippen LogP contribution >= 0.6 is 0 Å². The molecule has 3 atom stereocenters. The Balaban J connectivity index is 1.15. The summed E-state index contributed by atoms with van der Waals surface area (Å²) < 4.78 is 29.6. The van der Waals surface area contributed by atoms with E-state index in [2.05, 4.69) is 13.8 Å². The van der Waals surface area contributed by atoms with Gasteiger partial charge in [0.25, 0.3) is 0 Å². The Kier molecular flexibility index (Phi) is 16.0. The Morgan fingerprint density at radius 1 is 0.714 bits per heavy atom. The lowest BCUT2D eigenvalue weighted by molar-refractivity contribution is -0.121. The molecule has 0 aromatic heterocycles. The van der Waals surface area contributed by atoms with Crippen LogP contribution < -0.4 is 0 Å². The number of unbranched alkanes of at least 4 members (excludes halogenated alkanes) is 2. The maximum atomic E-state index is 6.85. The van der Waals surface area contributed by atoms with Gasteiger partial charge in [-0.25, -0.2) is 0 Å². The molecule has 4 aliphatic rings. The van der Waals surface area contributed by atoms with Crippen LogP contribution in [0.1, 0.15) is 149 Å². The van der Waals surface area contributed by atoms with Gasteiger partial charge in [-0.05, 0) is 88.9 Å². The van der Waals surface area contributed by atoms with Crippen LogP contribution in [-0.2, 0) is 23.7 Å². The molecule has 42 heavy (non-hydrogen) atoms. The fourth-order valence-corrected chi connectivity index (χ4v) is 7.68. The van der Waals surface area contributed by atoms with Gasteiger partial charge in [0, 0.05) is 30.7 Å². The molecule has 5 heteroatoms. The summed E-state index contributed by atoms with van der Waals surface area (Å²) in [5.74, 6) is 1.61. The summed E-state index contributed by atoms with van der Waals surface area (Å²) in [4.78, 5) is 0. The van der Waals surface area contributed by atoms with E-state index in [-0.39, 0.29) is 0 Å². The van der Waals surface area contributed by atoms with Crippen molar-refractivity contribution in [3.8, 4) is 0 Å². The van der Waals surface area contributed by atoms with Crippen molar-refractivity contribution in [1.82, 2.24) is 0 Å². The third-order valence-corrected chi connectivity index (χ3v) is 11.4. The van der Waals surface area contributed by atoms with E-state index in [1.54, 1.807) is 0 Å². The molecule has 5 nitrogen and oxygen atoms in total. The first-order chi connectivity index (χ1) is 20.6. The number of ether oxygens (including phenoxy) is 5. The lowest BCUT2D eigenvalue weighted by Crippen LogP contribution is -2.42. The molecule has 0 spiro atoms. The summed E-state index contributed by atoms with van der Waals surface area (Å²) in [5, 5.41) is 0. The molecule has 0 aromatic carbocycles. The normalized spacial score (nSPS) is 25.1. The van der Waals surface area contributed by atoms with Crippen molar-refractivity contribution < 1.29 is 23.7 Å². The Morgan fingerprint density at radius 3 is 1.90 bits per heavy atom. The van der Waals surface area contributed by atoms with E-state index in [1.165, 1.54) is 128 Å². The highest BCUT2D eigenvalue weighted by Gasteiger charge is 2.37. The van der Waals surface area contributed by atoms with Gasteiger partial charge in [-0.3, -0.25) is 0 Å². The number of epoxide rings is 1. The predicted molar refractivity (Wildman–Crippen MR) is 172 cm³/mol. The van der Waals surface area contributed by atoms with Crippen LogP contribution in [0.2, 0.25) is 0 Å². The highest BCUT2D eigenvalue weighted by Crippen LogP contribution is 2.38. The second-order valence-corrected chi connectivity index (χ2v) is 15.0. The Bertz CT molecular complexity index is 667. The maximum Gasteiger partial charge on any atom is 0.0810 e. The van der Waals surface area contributed by atoms with Crippen LogP contribution in [-0.4, -0.2) is 65.1 Å². The van der Waals surface area contributed by atoms with Gasteiger partial charge in [-0.15, -0.1) is 0 Å². The largest absolute Gasteiger partial charge is 0.381 e. The van der Waals surface area contributed by atoms with Gasteiger partial charge in [0.2, 0.25) is 0 Å². The van der Waals surface area contributed by atoms with Crippen molar-refractivity contribution in [2.45, 2.75) is 161 Å². The Morgan fingerprint density at radius 2 is 1.31 bits per heavy atom. The smallest absolute Gasteiger partial charge is 0.0810 e. The average Bonchev–Trinajstić information content (AvgIpc) is 3.77. The minimum absolute atomic E-state index is 0.395. The molecule has 0 amide bonds. The molecular weight excluding hydrogens is 524 g/mol. The zero-order valence-electron chi connectivity index (χ0n) is 27.9. The molecule has 0 aromatic rings. The van der Waals surface area contributed by atoms with E-state index in [4.69, 9.17) is 23.7 Å². The standard InChI is InChI=1S/C37H68O5/c1-3-36(28-39-29-36)21-11-13-24-38-23-12-10-17-34(18-14-22-37(4-2)30-40-31-37)41-26-33(19-20-35-27-42-35)25-32-15-8-6-5-7-9-16-32/h32-35H,3-31H2,1-2H3. The second kappa shape index (κ2) is 19.3. The van der Waals surface area contributed by atoms with Gasteiger partial charge in [-0.2, -0.15) is 0 Å². The van der Waals surface area contributed by atoms with E-state index in [1.807, 2.05) is 0 Å². The van der Waals surface area contributed by atoms with Crippen LogP contribution in [0.25, 0.3) is 0 Å². The maximum absolute atomic E-state index is 6.85. The fourth-order valence-electron chi connectivity index (χ4n) is 7.68. The van der Waals surface area contributed by atoms with Crippen molar-refractivity contribution >= 4 is 0 Å². The molecule has 3 saturated heterocycles. The van der Waals surface area contributed by atoms with Gasteiger partial charge in [-0.1, -0.05) is 71.6 Å². The highest BCUT2D eigenvalue weighted by atomic mass is 16.6. The first-order valence-electron chi connectivity index (χ1n) is 18.6. The van der Waals surface area contributed by atoms with E-state index in [0.29, 0.717) is 29.0 Å². The fraction of sp³-hybridized carbons (Fsp3) is 1.00. The van der Waals surface area contributed by atoms with Crippen LogP contribution in [0.4, 0.5) is 0 Å². The SMILES string of the molecule is CCC1(CCCCOCCCCC(CCCC2(CC)COC2)OCC(CCC2CO2)CC2CCCCCCC2)COC1. The van der Waals surface area contributed by atoms with Gasteiger partial charge in [0.1, 0.15) is 0 Å². The molecule has 4 rings (SSSR count). The van der Waals surface area contributed by atoms with Crippen molar-refractivity contribution in [1.29, 1.82) is 0 Å². The molecule has 1 saturated carbocycles. The summed E-state index contributed by atoms with van der Waals surface area (Å²) in [6.45, 7) is 12.3. The highest BCUT2D eigenvalue weighted by molar-refractivity contribution is 4.85. The first kappa shape index (κ1) is 34.7. The van der Waals surface area contributed by atoms with Crippen molar-refractivity contribution in [3.63, 3.8) is 0 Å². The number of hydrogen-bond donors (Lipinski definition) is 0. The third kappa shape index (κ3) is 12.7. The second-order valence-electron chi connectivity index (χ2n) is 15.0. The quantitative estimate of drug-likeness (QED) is 0.0826. The molecule has 1 aliphatic carbocycles. The van der Waals surface area contributed by atoms with E-state index >= 15 is 0 Å². The van der Waals surface area contributed by atoms with Gasteiger partial charge >= 0.3 is 0 Å². The average molecular weight is 593 g/mol. The molecule has 3 heterocycles. The topological polar surface area (TPSA) is 49.5 Å². The van der Waals surface area contributed by atoms with Crippen molar-refractivity contribution in [2.24, 2.45) is 22.7 Å². The lowest BCUT2D eigenvalue weighted by atomic mass is 9.78. The molecule has 3 aliphatic heterocycles. The molecular formula is C37H68O5. The van der Waals surface area contributed by atoms with Crippen molar-refractivity contribution in [3.05, 3.63) is 0 Å². The third-order valence-electron chi connectivity index (χ3n) is 11.4. The van der Waals surface area contributed by atoms with Crippen LogP contribution in [0.3, 0.4) is 0 Å².